The summed E-state index contributed by atoms with van der Waals surface area (Å²) >= 11 is 0. The SMILES string of the molecule is CCCc1ccc(C(=O)Nc2cccc(Oc3cccc(C(C)C)c3)c2)c(C)n1. The van der Waals surface area contributed by atoms with E-state index in [-0.39, 0.29) is 5.91 Å². The Bertz CT molecular complexity index is 996. The van der Waals surface area contributed by atoms with Crippen molar-refractivity contribution < 1.29 is 9.53 Å². The quantitative estimate of drug-likeness (QED) is 0.502. The summed E-state index contributed by atoms with van der Waals surface area (Å²) in [6, 6.07) is 19.3. The lowest BCUT2D eigenvalue weighted by Gasteiger charge is -2.12. The minimum absolute atomic E-state index is 0.169. The maximum absolute atomic E-state index is 12.7. The summed E-state index contributed by atoms with van der Waals surface area (Å²) in [4.78, 5) is 17.2. The van der Waals surface area contributed by atoms with Gasteiger partial charge < -0.3 is 10.1 Å². The van der Waals surface area contributed by atoms with E-state index in [0.717, 1.165) is 30.0 Å². The van der Waals surface area contributed by atoms with E-state index in [9.17, 15) is 4.79 Å². The minimum atomic E-state index is -0.169. The van der Waals surface area contributed by atoms with Crippen molar-refractivity contribution >= 4 is 11.6 Å². The van der Waals surface area contributed by atoms with Crippen molar-refractivity contribution in [3.63, 3.8) is 0 Å². The van der Waals surface area contributed by atoms with Crippen LogP contribution in [-0.4, -0.2) is 10.9 Å². The highest BCUT2D eigenvalue weighted by Gasteiger charge is 2.12. The normalized spacial score (nSPS) is 10.8. The van der Waals surface area contributed by atoms with E-state index in [2.05, 4.69) is 37.1 Å². The molecule has 0 fully saturated rings. The van der Waals surface area contributed by atoms with Crippen LogP contribution in [0.3, 0.4) is 0 Å². The molecule has 0 aliphatic heterocycles. The van der Waals surface area contributed by atoms with Crippen LogP contribution in [0.15, 0.2) is 60.7 Å². The summed E-state index contributed by atoms with van der Waals surface area (Å²) in [5.74, 6) is 1.73. The molecule has 0 spiro atoms. The summed E-state index contributed by atoms with van der Waals surface area (Å²) in [6.45, 7) is 8.29. The molecule has 4 nitrogen and oxygen atoms in total. The van der Waals surface area contributed by atoms with E-state index in [4.69, 9.17) is 4.74 Å². The van der Waals surface area contributed by atoms with Gasteiger partial charge in [-0.25, -0.2) is 0 Å². The number of pyridine rings is 1. The first-order chi connectivity index (χ1) is 14.0. The van der Waals surface area contributed by atoms with Crippen LogP contribution in [0.5, 0.6) is 11.5 Å². The first-order valence-electron chi connectivity index (χ1n) is 10.1. The van der Waals surface area contributed by atoms with Crippen LogP contribution in [0.4, 0.5) is 5.69 Å². The second kappa shape index (κ2) is 9.37. The Kier molecular flexibility index (Phi) is 6.65. The topological polar surface area (TPSA) is 51.2 Å². The molecule has 0 bridgehead atoms. The van der Waals surface area contributed by atoms with E-state index in [0.29, 0.717) is 22.9 Å². The molecular weight excluding hydrogens is 360 g/mol. The molecule has 0 aliphatic rings. The number of aromatic nitrogens is 1. The van der Waals surface area contributed by atoms with Crippen molar-refractivity contribution in [3.8, 4) is 11.5 Å². The van der Waals surface area contributed by atoms with E-state index < -0.39 is 0 Å². The number of hydrogen-bond acceptors (Lipinski definition) is 3. The van der Waals surface area contributed by atoms with Crippen LogP contribution < -0.4 is 10.1 Å². The van der Waals surface area contributed by atoms with Crippen molar-refractivity contribution in [1.82, 2.24) is 4.98 Å². The predicted molar refractivity (Wildman–Crippen MR) is 118 cm³/mol. The average molecular weight is 389 g/mol. The summed E-state index contributed by atoms with van der Waals surface area (Å²) in [7, 11) is 0. The number of hydrogen-bond donors (Lipinski definition) is 1. The number of benzene rings is 2. The Balaban J connectivity index is 1.73. The van der Waals surface area contributed by atoms with Gasteiger partial charge in [0, 0.05) is 17.4 Å². The van der Waals surface area contributed by atoms with Gasteiger partial charge in [0.05, 0.1) is 11.3 Å². The number of carbonyl (C=O) groups excluding carboxylic acids is 1. The first kappa shape index (κ1) is 20.6. The summed E-state index contributed by atoms with van der Waals surface area (Å²) < 4.78 is 6.00. The lowest BCUT2D eigenvalue weighted by atomic mass is 10.0. The van der Waals surface area contributed by atoms with Crippen molar-refractivity contribution in [2.24, 2.45) is 0 Å². The Morgan fingerprint density at radius 2 is 1.76 bits per heavy atom. The highest BCUT2D eigenvalue weighted by Crippen LogP contribution is 2.27. The van der Waals surface area contributed by atoms with Gasteiger partial charge in [-0.2, -0.15) is 0 Å². The number of aryl methyl sites for hydroxylation is 2. The molecule has 0 saturated carbocycles. The van der Waals surface area contributed by atoms with E-state index >= 15 is 0 Å². The molecule has 0 saturated heterocycles. The second-order valence-corrected chi connectivity index (χ2v) is 7.50. The zero-order valence-corrected chi connectivity index (χ0v) is 17.5. The molecule has 3 rings (SSSR count). The number of nitrogens with zero attached hydrogens (tertiary/aromatic N) is 1. The zero-order valence-electron chi connectivity index (χ0n) is 17.5. The van der Waals surface area contributed by atoms with E-state index in [1.165, 1.54) is 5.56 Å². The fraction of sp³-hybridized carbons (Fsp3) is 0.280. The third-order valence-electron chi connectivity index (χ3n) is 4.75. The molecule has 4 heteroatoms. The largest absolute Gasteiger partial charge is 0.457 e. The summed E-state index contributed by atoms with van der Waals surface area (Å²) in [6.07, 6.45) is 1.95. The molecule has 0 unspecified atom stereocenters. The molecule has 0 atom stereocenters. The van der Waals surface area contributed by atoms with Crippen LogP contribution in [0.1, 0.15) is 60.4 Å². The van der Waals surface area contributed by atoms with Crippen LogP contribution in [0, 0.1) is 6.92 Å². The Morgan fingerprint density at radius 1 is 1.03 bits per heavy atom. The molecule has 1 aromatic heterocycles. The summed E-state index contributed by atoms with van der Waals surface area (Å²) in [5.41, 5.74) is 4.25. The fourth-order valence-corrected chi connectivity index (χ4v) is 3.16. The molecule has 150 valence electrons. The number of ether oxygens (including phenoxy) is 1. The Labute approximate surface area is 173 Å². The van der Waals surface area contributed by atoms with Crippen LogP contribution >= 0.6 is 0 Å². The molecule has 2 aromatic carbocycles. The standard InChI is InChI=1S/C25H28N2O2/c1-5-8-20-13-14-24(18(4)26-20)25(28)27-21-10-7-12-23(16-21)29-22-11-6-9-19(15-22)17(2)3/h6-7,9-17H,5,8H2,1-4H3,(H,27,28). The molecular formula is C25H28N2O2. The monoisotopic (exact) mass is 388 g/mol. The van der Waals surface area contributed by atoms with Gasteiger partial charge in [0.1, 0.15) is 11.5 Å². The lowest BCUT2D eigenvalue weighted by molar-refractivity contribution is 0.102. The summed E-state index contributed by atoms with van der Waals surface area (Å²) in [5, 5.41) is 2.95. The number of nitrogens with one attached hydrogen (secondary N) is 1. The van der Waals surface area contributed by atoms with Crippen molar-refractivity contribution in [3.05, 3.63) is 83.2 Å². The molecule has 0 radical (unpaired) electrons. The molecule has 0 aliphatic carbocycles. The highest BCUT2D eigenvalue weighted by atomic mass is 16.5. The minimum Gasteiger partial charge on any atom is -0.457 e. The van der Waals surface area contributed by atoms with Gasteiger partial charge in [-0.1, -0.05) is 45.4 Å². The lowest BCUT2D eigenvalue weighted by Crippen LogP contribution is -2.14. The van der Waals surface area contributed by atoms with E-state index in [1.54, 1.807) is 0 Å². The number of rotatable bonds is 7. The highest BCUT2D eigenvalue weighted by molar-refractivity contribution is 6.05. The zero-order chi connectivity index (χ0) is 20.8. The van der Waals surface area contributed by atoms with Gasteiger partial charge in [-0.05, 0) is 61.2 Å². The van der Waals surface area contributed by atoms with Crippen LogP contribution in [0.25, 0.3) is 0 Å². The van der Waals surface area contributed by atoms with Crippen molar-refractivity contribution in [1.29, 1.82) is 0 Å². The van der Waals surface area contributed by atoms with Crippen LogP contribution in [-0.2, 0) is 6.42 Å². The number of amides is 1. The van der Waals surface area contributed by atoms with Crippen molar-refractivity contribution in [2.45, 2.75) is 46.5 Å². The Morgan fingerprint density at radius 3 is 2.45 bits per heavy atom. The molecule has 1 amide bonds. The molecule has 1 heterocycles. The maximum atomic E-state index is 12.7. The third kappa shape index (κ3) is 5.44. The van der Waals surface area contributed by atoms with Gasteiger partial charge in [0.15, 0.2) is 0 Å². The maximum Gasteiger partial charge on any atom is 0.257 e. The number of anilines is 1. The average Bonchev–Trinajstić information content (AvgIpc) is 2.68. The van der Waals surface area contributed by atoms with Crippen molar-refractivity contribution in [2.75, 3.05) is 5.32 Å². The molecule has 1 N–H and O–H groups in total. The fourth-order valence-electron chi connectivity index (χ4n) is 3.16. The second-order valence-electron chi connectivity index (χ2n) is 7.50. The first-order valence-corrected chi connectivity index (χ1v) is 10.1. The van der Waals surface area contributed by atoms with Crippen LogP contribution in [0.2, 0.25) is 0 Å². The smallest absolute Gasteiger partial charge is 0.257 e. The predicted octanol–water partition coefficient (Wildman–Crippen LogP) is 6.51. The third-order valence-corrected chi connectivity index (χ3v) is 4.75. The van der Waals surface area contributed by atoms with Gasteiger partial charge in [-0.3, -0.25) is 9.78 Å². The van der Waals surface area contributed by atoms with Gasteiger partial charge in [0.2, 0.25) is 0 Å². The molecule has 3 aromatic rings. The molecule has 29 heavy (non-hydrogen) atoms. The van der Waals surface area contributed by atoms with Gasteiger partial charge in [0.25, 0.3) is 5.91 Å². The van der Waals surface area contributed by atoms with Gasteiger partial charge in [-0.15, -0.1) is 0 Å². The Hall–Kier alpha value is -3.14. The number of carbonyl (C=O) groups is 1. The van der Waals surface area contributed by atoms with Gasteiger partial charge >= 0.3 is 0 Å². The van der Waals surface area contributed by atoms with E-state index in [1.807, 2.05) is 61.5 Å².